The number of aromatic nitrogens is 1. The van der Waals surface area contributed by atoms with E-state index in [1.54, 1.807) is 18.2 Å². The molecule has 100 valence electrons. The van der Waals surface area contributed by atoms with Gasteiger partial charge in [-0.25, -0.2) is 0 Å². The highest BCUT2D eigenvalue weighted by molar-refractivity contribution is 5.96. The predicted octanol–water partition coefficient (Wildman–Crippen LogP) is 2.30. The molecule has 1 aromatic carbocycles. The lowest BCUT2D eigenvalue weighted by Crippen LogP contribution is -2.28. The minimum Gasteiger partial charge on any atom is -0.351 e. The van der Waals surface area contributed by atoms with Crippen LogP contribution in [-0.4, -0.2) is 17.4 Å². The second kappa shape index (κ2) is 5.69. The number of fused-ring (bicyclic) bond motifs is 1. The number of rotatable bonds is 4. The number of hydrogen-bond acceptors (Lipinski definition) is 2. The summed E-state index contributed by atoms with van der Waals surface area (Å²) in [6.07, 6.45) is 0.920. The maximum atomic E-state index is 11.9. The van der Waals surface area contributed by atoms with Crippen LogP contribution in [0.5, 0.6) is 0 Å². The third-order valence-corrected chi connectivity index (χ3v) is 3.01. The van der Waals surface area contributed by atoms with Crippen LogP contribution in [0.25, 0.3) is 10.8 Å². The summed E-state index contributed by atoms with van der Waals surface area (Å²) >= 11 is 0. The molecule has 0 aliphatic carbocycles. The lowest BCUT2D eigenvalue weighted by Gasteiger charge is -2.07. The van der Waals surface area contributed by atoms with Crippen LogP contribution in [0, 0.1) is 5.92 Å². The first-order chi connectivity index (χ1) is 9.08. The van der Waals surface area contributed by atoms with Crippen molar-refractivity contribution < 1.29 is 4.79 Å². The summed E-state index contributed by atoms with van der Waals surface area (Å²) in [4.78, 5) is 26.4. The summed E-state index contributed by atoms with van der Waals surface area (Å²) < 4.78 is 0. The van der Waals surface area contributed by atoms with E-state index in [0.717, 1.165) is 11.8 Å². The Hall–Kier alpha value is -2.10. The maximum absolute atomic E-state index is 11.9. The Morgan fingerprint density at radius 1 is 1.32 bits per heavy atom. The molecule has 2 N–H and O–H groups in total. The molecule has 1 heterocycles. The number of hydrogen-bond donors (Lipinski definition) is 2. The molecule has 0 bridgehead atoms. The van der Waals surface area contributed by atoms with Gasteiger partial charge in [-0.3, -0.25) is 9.59 Å². The maximum Gasteiger partial charge on any atom is 0.267 e. The zero-order chi connectivity index (χ0) is 13.8. The van der Waals surface area contributed by atoms with E-state index in [4.69, 9.17) is 0 Å². The molecular weight excluding hydrogens is 240 g/mol. The summed E-state index contributed by atoms with van der Waals surface area (Å²) in [5.41, 5.74) is 0.0829. The Kier molecular flexibility index (Phi) is 4.00. The fraction of sp³-hybridized carbons (Fsp3) is 0.333. The Labute approximate surface area is 111 Å². The summed E-state index contributed by atoms with van der Waals surface area (Å²) in [6, 6.07) is 8.94. The van der Waals surface area contributed by atoms with Gasteiger partial charge in [0.15, 0.2) is 0 Å². The first-order valence-corrected chi connectivity index (χ1v) is 6.48. The summed E-state index contributed by atoms with van der Waals surface area (Å²) in [6.45, 7) is 4.82. The highest BCUT2D eigenvalue weighted by Crippen LogP contribution is 2.09. The lowest BCUT2D eigenvalue weighted by molar-refractivity contribution is 0.0947. The molecular formula is C15H18N2O2. The second-order valence-electron chi connectivity index (χ2n) is 5.04. The van der Waals surface area contributed by atoms with Gasteiger partial charge in [0.05, 0.1) is 0 Å². The van der Waals surface area contributed by atoms with Crippen LogP contribution in [-0.2, 0) is 0 Å². The molecule has 4 heteroatoms. The van der Waals surface area contributed by atoms with Gasteiger partial charge in [0, 0.05) is 11.9 Å². The molecule has 4 nitrogen and oxygen atoms in total. The number of amides is 1. The molecule has 0 aliphatic heterocycles. The molecule has 0 saturated heterocycles. The van der Waals surface area contributed by atoms with E-state index in [2.05, 4.69) is 24.1 Å². The van der Waals surface area contributed by atoms with Crippen molar-refractivity contribution in [3.05, 3.63) is 46.4 Å². The number of nitrogens with one attached hydrogen (secondary N) is 2. The molecule has 1 amide bonds. The van der Waals surface area contributed by atoms with Crippen LogP contribution in [0.4, 0.5) is 0 Å². The van der Waals surface area contributed by atoms with Gasteiger partial charge < -0.3 is 10.3 Å². The standard InChI is InChI=1S/C15H18N2O2/c1-10(2)7-8-16-15(19)13-9-11-5-3-4-6-12(11)14(18)17-13/h3-6,9-10H,7-8H2,1-2H3,(H,16,19)(H,17,18). The molecule has 0 aliphatic rings. The number of aromatic amines is 1. The normalized spacial score (nSPS) is 10.9. The molecule has 0 radical (unpaired) electrons. The number of H-pyrrole nitrogens is 1. The molecule has 0 unspecified atom stereocenters. The van der Waals surface area contributed by atoms with Crippen LogP contribution >= 0.6 is 0 Å². The van der Waals surface area contributed by atoms with Crippen LogP contribution in [0.1, 0.15) is 30.8 Å². The summed E-state index contributed by atoms with van der Waals surface area (Å²) in [7, 11) is 0. The molecule has 1 aromatic heterocycles. The fourth-order valence-electron chi connectivity index (χ4n) is 1.90. The van der Waals surface area contributed by atoms with Crippen molar-refractivity contribution in [2.45, 2.75) is 20.3 Å². The van der Waals surface area contributed by atoms with Crippen molar-refractivity contribution in [3.63, 3.8) is 0 Å². The van der Waals surface area contributed by atoms with E-state index in [9.17, 15) is 9.59 Å². The first kappa shape index (κ1) is 13.3. The molecule has 2 aromatic rings. The fourth-order valence-corrected chi connectivity index (χ4v) is 1.90. The number of carbonyl (C=O) groups excluding carboxylic acids is 1. The second-order valence-corrected chi connectivity index (χ2v) is 5.04. The number of pyridine rings is 1. The predicted molar refractivity (Wildman–Crippen MR) is 76.4 cm³/mol. The van der Waals surface area contributed by atoms with Crippen molar-refractivity contribution in [1.29, 1.82) is 0 Å². The van der Waals surface area contributed by atoms with Crippen LogP contribution in [0.2, 0.25) is 0 Å². The summed E-state index contributed by atoms with van der Waals surface area (Å²) in [5.74, 6) is 0.305. The highest BCUT2D eigenvalue weighted by Gasteiger charge is 2.08. The topological polar surface area (TPSA) is 62.0 Å². The van der Waals surface area contributed by atoms with Gasteiger partial charge in [-0.05, 0) is 29.9 Å². The Balaban J connectivity index is 2.21. The lowest BCUT2D eigenvalue weighted by atomic mass is 10.1. The molecule has 2 rings (SSSR count). The van der Waals surface area contributed by atoms with E-state index >= 15 is 0 Å². The molecule has 19 heavy (non-hydrogen) atoms. The van der Waals surface area contributed by atoms with E-state index in [-0.39, 0.29) is 11.5 Å². The van der Waals surface area contributed by atoms with Crippen molar-refractivity contribution in [2.24, 2.45) is 5.92 Å². The molecule has 0 fully saturated rings. The van der Waals surface area contributed by atoms with E-state index in [1.807, 2.05) is 12.1 Å². The van der Waals surface area contributed by atoms with Gasteiger partial charge in [-0.1, -0.05) is 32.0 Å². The van der Waals surface area contributed by atoms with Gasteiger partial charge in [0.2, 0.25) is 0 Å². The third-order valence-electron chi connectivity index (χ3n) is 3.01. The van der Waals surface area contributed by atoms with Crippen molar-refractivity contribution in [2.75, 3.05) is 6.54 Å². The van der Waals surface area contributed by atoms with Gasteiger partial charge in [-0.15, -0.1) is 0 Å². The van der Waals surface area contributed by atoms with Crippen LogP contribution < -0.4 is 10.9 Å². The van der Waals surface area contributed by atoms with Gasteiger partial charge >= 0.3 is 0 Å². The van der Waals surface area contributed by atoms with E-state index in [0.29, 0.717) is 23.5 Å². The quantitative estimate of drug-likeness (QED) is 0.884. The van der Waals surface area contributed by atoms with Gasteiger partial charge in [0.25, 0.3) is 11.5 Å². The Morgan fingerprint density at radius 3 is 2.79 bits per heavy atom. The zero-order valence-electron chi connectivity index (χ0n) is 11.2. The number of carbonyl (C=O) groups is 1. The Morgan fingerprint density at radius 2 is 2.05 bits per heavy atom. The van der Waals surface area contributed by atoms with Gasteiger partial charge in [0.1, 0.15) is 5.69 Å². The minimum absolute atomic E-state index is 0.230. The Bertz CT molecular complexity index is 644. The van der Waals surface area contributed by atoms with Crippen LogP contribution in [0.15, 0.2) is 35.1 Å². The third kappa shape index (κ3) is 3.22. The largest absolute Gasteiger partial charge is 0.351 e. The van der Waals surface area contributed by atoms with Crippen molar-refractivity contribution in [1.82, 2.24) is 10.3 Å². The zero-order valence-corrected chi connectivity index (χ0v) is 11.2. The van der Waals surface area contributed by atoms with Gasteiger partial charge in [-0.2, -0.15) is 0 Å². The first-order valence-electron chi connectivity index (χ1n) is 6.48. The molecule has 0 saturated carbocycles. The molecule has 0 atom stereocenters. The van der Waals surface area contributed by atoms with E-state index < -0.39 is 0 Å². The SMILES string of the molecule is CC(C)CCNC(=O)c1cc2ccccc2c(=O)[nH]1. The average molecular weight is 258 g/mol. The van der Waals surface area contributed by atoms with Crippen molar-refractivity contribution in [3.8, 4) is 0 Å². The van der Waals surface area contributed by atoms with E-state index in [1.165, 1.54) is 0 Å². The monoisotopic (exact) mass is 258 g/mol. The highest BCUT2D eigenvalue weighted by atomic mass is 16.2. The minimum atomic E-state index is -0.233. The van der Waals surface area contributed by atoms with Crippen LogP contribution in [0.3, 0.4) is 0 Å². The smallest absolute Gasteiger partial charge is 0.267 e. The molecule has 0 spiro atoms. The summed E-state index contributed by atoms with van der Waals surface area (Å²) in [5, 5.41) is 4.19. The number of benzene rings is 1. The average Bonchev–Trinajstić information content (AvgIpc) is 2.38. The van der Waals surface area contributed by atoms with Crippen molar-refractivity contribution >= 4 is 16.7 Å².